The van der Waals surface area contributed by atoms with E-state index in [0.717, 1.165) is 61.2 Å². The molecule has 1 aromatic carbocycles. The highest BCUT2D eigenvalue weighted by Gasteiger charge is 2.37. The number of unbranched alkanes of at least 4 members (excludes halogenated alkanes) is 6. The summed E-state index contributed by atoms with van der Waals surface area (Å²) in [6.45, 7) is 7.32. The first-order chi connectivity index (χ1) is 15.5. The zero-order valence-corrected chi connectivity index (χ0v) is 20.6. The van der Waals surface area contributed by atoms with Gasteiger partial charge < -0.3 is 9.15 Å². The van der Waals surface area contributed by atoms with Crippen LogP contribution in [0.2, 0.25) is 0 Å². The highest BCUT2D eigenvalue weighted by Crippen LogP contribution is 2.35. The average Bonchev–Trinajstić information content (AvgIpc) is 2.71. The van der Waals surface area contributed by atoms with Crippen LogP contribution >= 0.6 is 11.8 Å². The predicted molar refractivity (Wildman–Crippen MR) is 126 cm³/mol. The Morgan fingerprint density at radius 1 is 1.03 bits per heavy atom. The van der Waals surface area contributed by atoms with Gasteiger partial charge in [0.2, 0.25) is 0 Å². The molecule has 0 aliphatic carbocycles. The molecule has 2 aromatic rings. The molecule has 0 aliphatic rings. The fourth-order valence-electron chi connectivity index (χ4n) is 3.58. The highest BCUT2D eigenvalue weighted by atomic mass is 32.2. The number of benzene rings is 1. The quantitative estimate of drug-likeness (QED) is 0.135. The van der Waals surface area contributed by atoms with Crippen molar-refractivity contribution in [3.05, 3.63) is 39.2 Å². The van der Waals surface area contributed by atoms with Crippen molar-refractivity contribution in [2.24, 2.45) is 5.92 Å². The van der Waals surface area contributed by atoms with Gasteiger partial charge in [-0.3, -0.25) is 4.79 Å². The summed E-state index contributed by atoms with van der Waals surface area (Å²) in [5, 5.41) is 0.322. The lowest BCUT2D eigenvalue weighted by Crippen LogP contribution is -2.20. The van der Waals surface area contributed by atoms with Crippen LogP contribution in [0.25, 0.3) is 11.0 Å². The Hall–Kier alpha value is -1.96. The van der Waals surface area contributed by atoms with Gasteiger partial charge in [0.15, 0.2) is 0 Å². The average molecular weight is 487 g/mol. The lowest BCUT2D eigenvalue weighted by atomic mass is 10.0. The van der Waals surface area contributed by atoms with Crippen molar-refractivity contribution >= 4 is 28.7 Å². The third-order valence-electron chi connectivity index (χ3n) is 5.51. The maximum atomic E-state index is 13.2. The summed E-state index contributed by atoms with van der Waals surface area (Å²) < 4.78 is 49.6. The minimum atomic E-state index is -4.74. The van der Waals surface area contributed by atoms with E-state index < -0.39 is 17.4 Å². The molecule has 0 saturated heterocycles. The molecule has 0 spiro atoms. The second-order valence-electron chi connectivity index (χ2n) is 8.65. The molecule has 184 valence electrons. The van der Waals surface area contributed by atoms with Crippen molar-refractivity contribution in [2.45, 2.75) is 83.7 Å². The second-order valence-corrected chi connectivity index (χ2v) is 9.78. The Morgan fingerprint density at radius 2 is 1.64 bits per heavy atom. The van der Waals surface area contributed by atoms with Gasteiger partial charge in [0, 0.05) is 10.3 Å². The molecule has 0 aliphatic heterocycles. The van der Waals surface area contributed by atoms with Crippen LogP contribution in [0.15, 0.2) is 26.2 Å². The maximum absolute atomic E-state index is 13.2. The van der Waals surface area contributed by atoms with Crippen LogP contribution in [0.4, 0.5) is 13.2 Å². The van der Waals surface area contributed by atoms with Gasteiger partial charge in [0.1, 0.15) is 11.1 Å². The molecule has 0 bridgehead atoms. The first-order valence-corrected chi connectivity index (χ1v) is 12.5. The Morgan fingerprint density at radius 3 is 2.24 bits per heavy atom. The number of esters is 1. The smallest absolute Gasteiger partial charge is 0.423 e. The molecule has 0 fully saturated rings. The van der Waals surface area contributed by atoms with E-state index in [0.29, 0.717) is 12.0 Å². The van der Waals surface area contributed by atoms with Gasteiger partial charge in [0.05, 0.1) is 12.5 Å². The number of aryl methyl sites for hydroxylation is 2. The standard InChI is InChI=1S/C25H33F3O4S/c1-16(2)23(29)31-12-10-8-6-5-7-9-11-13-33-21-15-20-19(14-17(21)3)18(4)22(24(30)32-20)25(26,27)28/h14-16H,5-13H2,1-4H3. The largest absolute Gasteiger partial charge is 0.465 e. The highest BCUT2D eigenvalue weighted by molar-refractivity contribution is 7.99. The van der Waals surface area contributed by atoms with Gasteiger partial charge in [-0.1, -0.05) is 46.0 Å². The van der Waals surface area contributed by atoms with E-state index in [1.807, 2.05) is 20.8 Å². The van der Waals surface area contributed by atoms with Gasteiger partial charge in [0.25, 0.3) is 0 Å². The van der Waals surface area contributed by atoms with Crippen LogP contribution in [0.3, 0.4) is 0 Å². The Balaban J connectivity index is 1.75. The van der Waals surface area contributed by atoms with E-state index in [4.69, 9.17) is 9.15 Å². The number of carbonyl (C=O) groups excluding carboxylic acids is 1. The summed E-state index contributed by atoms with van der Waals surface area (Å²) in [4.78, 5) is 24.2. The van der Waals surface area contributed by atoms with Crippen molar-refractivity contribution in [3.8, 4) is 0 Å². The SMILES string of the molecule is Cc1cc2c(C)c(C(F)(F)F)c(=O)oc2cc1SCCCCCCCCCOC(=O)C(C)C. The molecule has 1 aromatic heterocycles. The number of carbonyl (C=O) groups is 1. The molecule has 33 heavy (non-hydrogen) atoms. The maximum Gasteiger partial charge on any atom is 0.423 e. The minimum absolute atomic E-state index is 0.0776. The lowest BCUT2D eigenvalue weighted by Gasteiger charge is -2.13. The summed E-state index contributed by atoms with van der Waals surface area (Å²) in [5.41, 5.74) is -1.60. The van der Waals surface area contributed by atoms with Gasteiger partial charge in [-0.2, -0.15) is 13.2 Å². The summed E-state index contributed by atoms with van der Waals surface area (Å²) in [6, 6.07) is 3.35. The number of halogens is 3. The fraction of sp³-hybridized carbons (Fsp3) is 0.600. The molecular formula is C25H33F3O4S. The molecule has 0 radical (unpaired) electrons. The van der Waals surface area contributed by atoms with Gasteiger partial charge in [-0.25, -0.2) is 4.79 Å². The fourth-order valence-corrected chi connectivity index (χ4v) is 4.62. The van der Waals surface area contributed by atoms with Crippen LogP contribution in [0.5, 0.6) is 0 Å². The summed E-state index contributed by atoms with van der Waals surface area (Å²) in [5.74, 6) is 0.671. The van der Waals surface area contributed by atoms with Crippen molar-refractivity contribution in [1.82, 2.24) is 0 Å². The Labute approximate surface area is 197 Å². The first-order valence-electron chi connectivity index (χ1n) is 11.5. The van der Waals surface area contributed by atoms with Crippen molar-refractivity contribution in [2.75, 3.05) is 12.4 Å². The van der Waals surface area contributed by atoms with E-state index in [9.17, 15) is 22.8 Å². The molecule has 2 rings (SSSR count). The second kappa shape index (κ2) is 12.5. The van der Waals surface area contributed by atoms with Crippen LogP contribution in [-0.4, -0.2) is 18.3 Å². The molecule has 8 heteroatoms. The monoisotopic (exact) mass is 486 g/mol. The van der Waals surface area contributed by atoms with E-state index in [1.54, 1.807) is 23.9 Å². The van der Waals surface area contributed by atoms with Crippen LogP contribution in [0, 0.1) is 19.8 Å². The lowest BCUT2D eigenvalue weighted by molar-refractivity contribution is -0.147. The molecule has 0 atom stereocenters. The number of hydrogen-bond acceptors (Lipinski definition) is 5. The van der Waals surface area contributed by atoms with Crippen molar-refractivity contribution in [3.63, 3.8) is 0 Å². The van der Waals surface area contributed by atoms with Crippen LogP contribution in [0.1, 0.15) is 75.5 Å². The predicted octanol–water partition coefficient (Wildman–Crippen LogP) is 7.45. The van der Waals surface area contributed by atoms with Gasteiger partial charge in [-0.05, 0) is 55.7 Å². The van der Waals surface area contributed by atoms with E-state index in [-0.39, 0.29) is 23.0 Å². The van der Waals surface area contributed by atoms with Crippen LogP contribution in [-0.2, 0) is 15.7 Å². The van der Waals surface area contributed by atoms with Crippen molar-refractivity contribution < 1.29 is 27.1 Å². The first kappa shape index (κ1) is 27.3. The summed E-state index contributed by atoms with van der Waals surface area (Å²) >= 11 is 1.63. The topological polar surface area (TPSA) is 56.5 Å². The number of hydrogen-bond donors (Lipinski definition) is 0. The van der Waals surface area contributed by atoms with E-state index in [2.05, 4.69) is 0 Å². The number of alkyl halides is 3. The normalized spacial score (nSPS) is 12.0. The number of fused-ring (bicyclic) bond motifs is 1. The van der Waals surface area contributed by atoms with Crippen molar-refractivity contribution in [1.29, 1.82) is 0 Å². The molecule has 1 heterocycles. The Bertz CT molecular complexity index is 996. The third kappa shape index (κ3) is 8.09. The third-order valence-corrected chi connectivity index (χ3v) is 6.75. The van der Waals surface area contributed by atoms with E-state index in [1.165, 1.54) is 6.92 Å². The minimum Gasteiger partial charge on any atom is -0.465 e. The van der Waals surface area contributed by atoms with E-state index >= 15 is 0 Å². The number of rotatable bonds is 12. The molecule has 0 unspecified atom stereocenters. The number of thioether (sulfide) groups is 1. The summed E-state index contributed by atoms with van der Waals surface area (Å²) in [6.07, 6.45) is 2.75. The molecule has 0 N–H and O–H groups in total. The summed E-state index contributed by atoms with van der Waals surface area (Å²) in [7, 11) is 0. The zero-order chi connectivity index (χ0) is 24.6. The number of ether oxygens (including phenoxy) is 1. The molecule has 4 nitrogen and oxygen atoms in total. The zero-order valence-electron chi connectivity index (χ0n) is 19.8. The Kier molecular flexibility index (Phi) is 10.3. The van der Waals surface area contributed by atoms with Crippen LogP contribution < -0.4 is 5.63 Å². The van der Waals surface area contributed by atoms with Gasteiger partial charge >= 0.3 is 17.8 Å². The molecule has 0 saturated carbocycles. The molecular weight excluding hydrogens is 453 g/mol. The molecule has 0 amide bonds. The van der Waals surface area contributed by atoms with Gasteiger partial charge in [-0.15, -0.1) is 11.8 Å².